The third kappa shape index (κ3) is 5.72. The summed E-state index contributed by atoms with van der Waals surface area (Å²) < 4.78 is 13.1. The number of ether oxygens (including phenoxy) is 1. The van der Waals surface area contributed by atoms with Crippen LogP contribution in [0.1, 0.15) is 54.5 Å². The lowest BCUT2D eigenvalue weighted by Gasteiger charge is -2.41. The van der Waals surface area contributed by atoms with E-state index in [2.05, 4.69) is 33.9 Å². The van der Waals surface area contributed by atoms with Gasteiger partial charge in [-0.15, -0.1) is 0 Å². The molecule has 0 heterocycles. The molecular weight excluding hydrogens is 400 g/mol. The predicted molar refractivity (Wildman–Crippen MR) is 129 cm³/mol. The van der Waals surface area contributed by atoms with Crippen LogP contribution in [0.15, 0.2) is 91.0 Å². The molecule has 0 saturated heterocycles. The smallest absolute Gasteiger partial charge is 0.338 e. The second kappa shape index (κ2) is 9.63. The number of hydrogen-bond donors (Lipinski definition) is 0. The molecule has 3 nitrogen and oxygen atoms in total. The Bertz CT molecular complexity index is 964. The molecule has 0 amide bonds. The summed E-state index contributed by atoms with van der Waals surface area (Å²) in [4.78, 5) is 13.1. The van der Waals surface area contributed by atoms with Crippen molar-refractivity contribution in [1.29, 1.82) is 0 Å². The molecule has 0 spiro atoms. The molecule has 0 aliphatic carbocycles. The maximum atomic E-state index is 13.1. The van der Waals surface area contributed by atoms with Gasteiger partial charge in [-0.25, -0.2) is 4.79 Å². The Morgan fingerprint density at radius 3 is 1.58 bits per heavy atom. The van der Waals surface area contributed by atoms with E-state index >= 15 is 0 Å². The van der Waals surface area contributed by atoms with Crippen LogP contribution in [-0.2, 0) is 9.16 Å². The predicted octanol–water partition coefficient (Wildman–Crippen LogP) is 7.35. The summed E-state index contributed by atoms with van der Waals surface area (Å²) >= 11 is 0. The normalized spacial score (nSPS) is 14.0. The van der Waals surface area contributed by atoms with E-state index in [0.29, 0.717) is 5.56 Å². The third-order valence-corrected chi connectivity index (χ3v) is 10.5. The maximum Gasteiger partial charge on any atom is 0.338 e. The van der Waals surface area contributed by atoms with E-state index in [1.807, 2.05) is 78.9 Å². The minimum atomic E-state index is -2.17. The lowest BCUT2D eigenvalue weighted by molar-refractivity contribution is -0.0162. The van der Waals surface area contributed by atoms with Crippen LogP contribution in [-0.4, -0.2) is 14.3 Å². The molecule has 0 radical (unpaired) electrons. The van der Waals surface area contributed by atoms with Gasteiger partial charge in [0.15, 0.2) is 14.4 Å². The third-order valence-electron chi connectivity index (χ3n) is 6.00. The van der Waals surface area contributed by atoms with Crippen LogP contribution in [0.4, 0.5) is 0 Å². The average molecular weight is 433 g/mol. The molecule has 3 aromatic carbocycles. The summed E-state index contributed by atoms with van der Waals surface area (Å²) in [7, 11) is -2.17. The quantitative estimate of drug-likeness (QED) is 0.289. The molecule has 0 fully saturated rings. The molecule has 0 bridgehead atoms. The van der Waals surface area contributed by atoms with Crippen molar-refractivity contribution >= 4 is 14.3 Å². The van der Waals surface area contributed by atoms with Crippen LogP contribution in [0.25, 0.3) is 0 Å². The summed E-state index contributed by atoms with van der Waals surface area (Å²) in [5, 5.41) is 0.0186. The summed E-state index contributed by atoms with van der Waals surface area (Å²) in [6, 6.07) is 29.1. The molecule has 0 N–H and O–H groups in total. The molecule has 4 heteroatoms. The van der Waals surface area contributed by atoms with E-state index in [1.165, 1.54) is 0 Å². The van der Waals surface area contributed by atoms with Crippen molar-refractivity contribution in [3.63, 3.8) is 0 Å². The summed E-state index contributed by atoms with van der Waals surface area (Å²) in [6.07, 6.45) is -0.970. The first-order valence-corrected chi connectivity index (χ1v) is 13.6. The number of hydrogen-bond acceptors (Lipinski definition) is 3. The first-order valence-electron chi connectivity index (χ1n) is 10.7. The second-order valence-corrected chi connectivity index (χ2v) is 14.1. The number of carbonyl (C=O) groups is 1. The van der Waals surface area contributed by atoms with Gasteiger partial charge >= 0.3 is 5.97 Å². The number of esters is 1. The van der Waals surface area contributed by atoms with Crippen LogP contribution >= 0.6 is 0 Å². The molecule has 31 heavy (non-hydrogen) atoms. The fraction of sp³-hybridized carbons (Fsp3) is 0.296. The Labute approximate surface area is 187 Å². The first-order chi connectivity index (χ1) is 14.7. The highest BCUT2D eigenvalue weighted by atomic mass is 28.4. The highest BCUT2D eigenvalue weighted by Gasteiger charge is 2.42. The zero-order valence-electron chi connectivity index (χ0n) is 19.0. The first kappa shape index (κ1) is 23.0. The zero-order chi connectivity index (χ0) is 22.5. The minimum absolute atomic E-state index is 0.0186. The van der Waals surface area contributed by atoms with Crippen molar-refractivity contribution in [3.8, 4) is 0 Å². The average Bonchev–Trinajstić information content (AvgIpc) is 2.77. The van der Waals surface area contributed by atoms with E-state index in [9.17, 15) is 4.79 Å². The van der Waals surface area contributed by atoms with Gasteiger partial charge in [-0.3, -0.25) is 0 Å². The number of rotatable bonds is 7. The Balaban J connectivity index is 2.05. The number of benzene rings is 3. The zero-order valence-corrected chi connectivity index (χ0v) is 20.0. The molecular formula is C27H32O3Si. The van der Waals surface area contributed by atoms with E-state index in [1.54, 1.807) is 12.1 Å². The highest BCUT2D eigenvalue weighted by Crippen LogP contribution is 2.44. The maximum absolute atomic E-state index is 13.1. The van der Waals surface area contributed by atoms with Crippen LogP contribution in [0.3, 0.4) is 0 Å². The molecule has 3 aromatic rings. The molecule has 0 unspecified atom stereocenters. The monoisotopic (exact) mass is 432 g/mol. The van der Waals surface area contributed by atoms with E-state index < -0.39 is 20.5 Å². The summed E-state index contributed by atoms with van der Waals surface area (Å²) in [5.41, 5.74) is 2.45. The van der Waals surface area contributed by atoms with Gasteiger partial charge in [0.2, 0.25) is 0 Å². The number of carbonyl (C=O) groups excluding carboxylic acids is 1. The lowest BCUT2D eigenvalue weighted by Crippen LogP contribution is -2.43. The van der Waals surface area contributed by atoms with Crippen molar-refractivity contribution < 1.29 is 14.0 Å². The Morgan fingerprint density at radius 1 is 0.710 bits per heavy atom. The van der Waals surface area contributed by atoms with Crippen molar-refractivity contribution in [3.05, 3.63) is 108 Å². The van der Waals surface area contributed by atoms with Gasteiger partial charge in [0.1, 0.15) is 6.10 Å². The van der Waals surface area contributed by atoms with Gasteiger partial charge in [-0.05, 0) is 41.4 Å². The van der Waals surface area contributed by atoms with Gasteiger partial charge in [0.05, 0.1) is 5.56 Å². The topological polar surface area (TPSA) is 35.5 Å². The largest absolute Gasteiger partial charge is 0.451 e. The van der Waals surface area contributed by atoms with Crippen molar-refractivity contribution in [2.45, 2.75) is 51.1 Å². The lowest BCUT2D eigenvalue weighted by atomic mass is 9.98. The van der Waals surface area contributed by atoms with Crippen molar-refractivity contribution in [1.82, 2.24) is 0 Å². The van der Waals surface area contributed by atoms with Crippen LogP contribution in [0.2, 0.25) is 18.1 Å². The fourth-order valence-corrected chi connectivity index (χ4v) is 4.39. The van der Waals surface area contributed by atoms with Crippen molar-refractivity contribution in [2.24, 2.45) is 0 Å². The van der Waals surface area contributed by atoms with Gasteiger partial charge in [0.25, 0.3) is 0 Å². The van der Waals surface area contributed by atoms with Crippen molar-refractivity contribution in [2.75, 3.05) is 0 Å². The van der Waals surface area contributed by atoms with E-state index in [-0.39, 0.29) is 11.0 Å². The summed E-state index contributed by atoms with van der Waals surface area (Å²) in [6.45, 7) is 11.1. The molecule has 0 saturated carbocycles. The Kier molecular flexibility index (Phi) is 7.14. The molecule has 162 valence electrons. The van der Waals surface area contributed by atoms with Crippen LogP contribution in [0.5, 0.6) is 0 Å². The standard InChI is InChI=1S/C27H32O3Si/c1-27(2,3)31(4,5)30-25(22-17-11-7-12-18-22)24(21-15-9-6-10-16-21)29-26(28)23-19-13-8-14-20-23/h6-20,24-25H,1-5H3/t24-,25+/m0/s1. The Hall–Kier alpha value is -2.69. The molecule has 0 aliphatic heterocycles. The molecule has 3 rings (SSSR count). The Morgan fingerprint density at radius 2 is 1.13 bits per heavy atom. The highest BCUT2D eigenvalue weighted by molar-refractivity contribution is 6.74. The van der Waals surface area contributed by atoms with Gasteiger partial charge in [-0.1, -0.05) is 99.6 Å². The molecule has 2 atom stereocenters. The van der Waals surface area contributed by atoms with E-state index in [4.69, 9.17) is 9.16 Å². The fourth-order valence-electron chi connectivity index (χ4n) is 3.15. The van der Waals surface area contributed by atoms with Gasteiger partial charge in [-0.2, -0.15) is 0 Å². The SMILES string of the molecule is CC(C)(C)[Si](C)(C)O[C@H](c1ccccc1)[C@@H](OC(=O)c1ccccc1)c1ccccc1. The molecule has 0 aromatic heterocycles. The van der Waals surface area contributed by atoms with E-state index in [0.717, 1.165) is 11.1 Å². The summed E-state index contributed by atoms with van der Waals surface area (Å²) in [5.74, 6) is -0.353. The second-order valence-electron chi connectivity index (χ2n) is 9.31. The minimum Gasteiger partial charge on any atom is -0.451 e. The molecule has 0 aliphatic rings. The van der Waals surface area contributed by atoms with Crippen LogP contribution < -0.4 is 0 Å². The van der Waals surface area contributed by atoms with Gasteiger partial charge < -0.3 is 9.16 Å². The van der Waals surface area contributed by atoms with Gasteiger partial charge in [0, 0.05) is 0 Å². The van der Waals surface area contributed by atoms with Crippen LogP contribution in [0, 0.1) is 0 Å².